The number of amides is 1. The number of aromatic nitrogens is 5. The number of aryl methyl sites for hydroxylation is 1. The molecule has 0 aromatic carbocycles. The molecule has 164 valence electrons. The Bertz CT molecular complexity index is 1330. The van der Waals surface area contributed by atoms with Crippen molar-refractivity contribution in [3.8, 4) is 16.8 Å². The Morgan fingerprint density at radius 2 is 2.00 bits per heavy atom. The van der Waals surface area contributed by atoms with Crippen LogP contribution in [0.1, 0.15) is 16.2 Å². The molecule has 1 amide bonds. The summed E-state index contributed by atoms with van der Waals surface area (Å²) in [4.78, 5) is 29.2. The number of carbonyl (C=O) groups excluding carboxylic acids is 1. The molecular weight excluding hydrogens is 438 g/mol. The second kappa shape index (κ2) is 8.85. The Morgan fingerprint density at radius 3 is 2.72 bits per heavy atom. The molecule has 4 aromatic rings. The zero-order chi connectivity index (χ0) is 22.7. The molecule has 4 aromatic heterocycles. The van der Waals surface area contributed by atoms with Gasteiger partial charge >= 0.3 is 5.63 Å². The van der Waals surface area contributed by atoms with E-state index in [1.807, 2.05) is 13.0 Å². The van der Waals surface area contributed by atoms with Crippen LogP contribution in [0.2, 0.25) is 0 Å². The van der Waals surface area contributed by atoms with Gasteiger partial charge in [0, 0.05) is 24.2 Å². The molecule has 2 N–H and O–H groups in total. The van der Waals surface area contributed by atoms with Gasteiger partial charge in [-0.1, -0.05) is 11.3 Å². The first-order chi connectivity index (χ1) is 15.5. The molecule has 13 heteroatoms. The fourth-order valence-electron chi connectivity index (χ4n) is 2.75. The predicted octanol–water partition coefficient (Wildman–Crippen LogP) is 2.39. The first-order valence-corrected chi connectivity index (χ1v) is 9.96. The van der Waals surface area contributed by atoms with Crippen molar-refractivity contribution in [3.05, 3.63) is 58.5 Å². The number of nitrogens with one attached hydrogen (secondary N) is 2. The quantitative estimate of drug-likeness (QED) is 0.426. The molecule has 0 aliphatic carbocycles. The van der Waals surface area contributed by atoms with Gasteiger partial charge in [0.15, 0.2) is 5.76 Å². The molecule has 0 saturated carbocycles. The SMILES string of the molecule is COc1ncccc1Nc1cc(C(=O)Nc2nnc(-n3nccc3C)s2)oc(=O)c1OC. The second-order valence-corrected chi connectivity index (χ2v) is 7.21. The molecule has 0 unspecified atom stereocenters. The van der Waals surface area contributed by atoms with Crippen molar-refractivity contribution in [3.63, 3.8) is 0 Å². The Hall–Kier alpha value is -4.26. The van der Waals surface area contributed by atoms with Crippen molar-refractivity contribution in [2.75, 3.05) is 24.9 Å². The van der Waals surface area contributed by atoms with Crippen LogP contribution in [0, 0.1) is 6.92 Å². The largest absolute Gasteiger partial charge is 0.488 e. The molecule has 0 aliphatic rings. The maximum absolute atomic E-state index is 12.7. The van der Waals surface area contributed by atoms with Crippen molar-refractivity contribution in [2.24, 2.45) is 0 Å². The molecule has 12 nitrogen and oxygen atoms in total. The average Bonchev–Trinajstić information content (AvgIpc) is 3.42. The zero-order valence-corrected chi connectivity index (χ0v) is 18.0. The fourth-order valence-corrected chi connectivity index (χ4v) is 3.51. The second-order valence-electron chi connectivity index (χ2n) is 6.26. The predicted molar refractivity (Wildman–Crippen MR) is 115 cm³/mol. The van der Waals surface area contributed by atoms with Crippen molar-refractivity contribution in [1.29, 1.82) is 0 Å². The lowest BCUT2D eigenvalue weighted by molar-refractivity contribution is 0.0991. The minimum absolute atomic E-state index is 0.111. The molecule has 0 aliphatic heterocycles. The lowest BCUT2D eigenvalue weighted by Gasteiger charge is -2.13. The van der Waals surface area contributed by atoms with E-state index in [9.17, 15) is 9.59 Å². The van der Waals surface area contributed by atoms with Crippen LogP contribution in [0.5, 0.6) is 11.6 Å². The average molecular weight is 455 g/mol. The summed E-state index contributed by atoms with van der Waals surface area (Å²) >= 11 is 1.11. The van der Waals surface area contributed by atoms with Crippen molar-refractivity contribution < 1.29 is 18.7 Å². The minimum Gasteiger partial charge on any atom is -0.488 e. The van der Waals surface area contributed by atoms with Gasteiger partial charge in [-0.2, -0.15) is 5.10 Å². The van der Waals surface area contributed by atoms with Crippen molar-refractivity contribution in [2.45, 2.75) is 6.92 Å². The Morgan fingerprint density at radius 1 is 1.16 bits per heavy atom. The molecule has 4 heterocycles. The van der Waals surface area contributed by atoms with E-state index in [-0.39, 0.29) is 22.3 Å². The Labute approximate surface area is 184 Å². The van der Waals surface area contributed by atoms with E-state index >= 15 is 0 Å². The van der Waals surface area contributed by atoms with Gasteiger partial charge in [-0.3, -0.25) is 10.1 Å². The van der Waals surface area contributed by atoms with Gasteiger partial charge in [-0.15, -0.1) is 10.2 Å². The van der Waals surface area contributed by atoms with Gasteiger partial charge < -0.3 is 19.2 Å². The van der Waals surface area contributed by atoms with Gasteiger partial charge in [0.25, 0.3) is 5.91 Å². The molecule has 0 atom stereocenters. The lowest BCUT2D eigenvalue weighted by Crippen LogP contribution is -2.17. The number of pyridine rings is 1. The monoisotopic (exact) mass is 455 g/mol. The molecule has 32 heavy (non-hydrogen) atoms. The number of ether oxygens (including phenoxy) is 2. The Balaban J connectivity index is 1.61. The summed E-state index contributed by atoms with van der Waals surface area (Å²) < 4.78 is 17.1. The highest BCUT2D eigenvalue weighted by Crippen LogP contribution is 2.30. The van der Waals surface area contributed by atoms with Gasteiger partial charge in [-0.05, 0) is 25.1 Å². The van der Waals surface area contributed by atoms with Crippen LogP contribution < -0.4 is 25.7 Å². The lowest BCUT2D eigenvalue weighted by atomic mass is 10.3. The summed E-state index contributed by atoms with van der Waals surface area (Å²) in [7, 11) is 2.78. The van der Waals surface area contributed by atoms with E-state index in [0.717, 1.165) is 17.0 Å². The number of anilines is 3. The van der Waals surface area contributed by atoms with Crippen LogP contribution in [-0.2, 0) is 0 Å². The third-order valence-corrected chi connectivity index (χ3v) is 5.03. The van der Waals surface area contributed by atoms with E-state index in [4.69, 9.17) is 13.9 Å². The zero-order valence-electron chi connectivity index (χ0n) is 17.1. The first-order valence-electron chi connectivity index (χ1n) is 9.14. The van der Waals surface area contributed by atoms with Gasteiger partial charge in [0.05, 0.1) is 19.9 Å². The smallest absolute Gasteiger partial charge is 0.381 e. The summed E-state index contributed by atoms with van der Waals surface area (Å²) in [6.07, 6.45) is 3.19. The molecule has 0 radical (unpaired) electrons. The van der Waals surface area contributed by atoms with Gasteiger partial charge in [0.1, 0.15) is 5.69 Å². The number of rotatable bonds is 7. The number of hydrogen-bond donors (Lipinski definition) is 2. The van der Waals surface area contributed by atoms with Gasteiger partial charge in [0.2, 0.25) is 21.9 Å². The topological polar surface area (TPSA) is 146 Å². The maximum atomic E-state index is 12.7. The summed E-state index contributed by atoms with van der Waals surface area (Å²) in [5, 5.41) is 18.3. The van der Waals surface area contributed by atoms with E-state index in [2.05, 4.69) is 30.9 Å². The van der Waals surface area contributed by atoms with Crippen LogP contribution in [0.4, 0.5) is 16.5 Å². The molecular formula is C19H17N7O5S. The van der Waals surface area contributed by atoms with Crippen molar-refractivity contribution in [1.82, 2.24) is 25.0 Å². The molecule has 0 spiro atoms. The van der Waals surface area contributed by atoms with E-state index in [0.29, 0.717) is 16.7 Å². The van der Waals surface area contributed by atoms with E-state index in [1.54, 1.807) is 29.2 Å². The van der Waals surface area contributed by atoms with E-state index in [1.165, 1.54) is 20.3 Å². The number of hydrogen-bond acceptors (Lipinski definition) is 11. The van der Waals surface area contributed by atoms with E-state index < -0.39 is 11.5 Å². The van der Waals surface area contributed by atoms with Crippen LogP contribution in [0.15, 0.2) is 45.9 Å². The minimum atomic E-state index is -0.837. The van der Waals surface area contributed by atoms with Crippen LogP contribution in [0.25, 0.3) is 5.13 Å². The van der Waals surface area contributed by atoms with Crippen LogP contribution >= 0.6 is 11.3 Å². The van der Waals surface area contributed by atoms with Gasteiger partial charge in [-0.25, -0.2) is 14.5 Å². The van der Waals surface area contributed by atoms with Crippen LogP contribution in [-0.4, -0.2) is 45.1 Å². The highest BCUT2D eigenvalue weighted by Gasteiger charge is 2.20. The number of methoxy groups -OCH3 is 2. The number of nitrogens with zero attached hydrogens (tertiary/aromatic N) is 5. The summed E-state index contributed by atoms with van der Waals surface area (Å²) in [6, 6.07) is 6.53. The Kier molecular flexibility index (Phi) is 5.81. The summed E-state index contributed by atoms with van der Waals surface area (Å²) in [5.74, 6) is -0.761. The molecule has 0 bridgehead atoms. The molecule has 4 rings (SSSR count). The molecule has 0 saturated heterocycles. The third-order valence-electron chi connectivity index (χ3n) is 4.22. The highest BCUT2D eigenvalue weighted by molar-refractivity contribution is 7.17. The first kappa shape index (κ1) is 21.0. The number of carbonyl (C=O) groups is 1. The summed E-state index contributed by atoms with van der Waals surface area (Å²) in [5.41, 5.74) is 0.691. The standard InChI is InChI=1S/C19H17N7O5S/c1-10-6-8-21-26(10)19-25-24-18(32-19)23-15(27)13-9-12(14(29-2)17(28)31-13)22-11-5-4-7-20-16(11)30-3/h4-9,22H,1-3H3,(H,23,24,27). The fraction of sp³-hybridized carbons (Fsp3) is 0.158. The maximum Gasteiger partial charge on any atom is 0.381 e. The summed E-state index contributed by atoms with van der Waals surface area (Å²) in [6.45, 7) is 1.87. The molecule has 0 fully saturated rings. The van der Waals surface area contributed by atoms with Crippen LogP contribution in [0.3, 0.4) is 0 Å². The normalized spacial score (nSPS) is 10.6. The third kappa shape index (κ3) is 4.13. The van der Waals surface area contributed by atoms with Crippen molar-refractivity contribution >= 4 is 33.8 Å². The highest BCUT2D eigenvalue weighted by atomic mass is 32.1.